The van der Waals surface area contributed by atoms with Crippen molar-refractivity contribution in [3.05, 3.63) is 29.3 Å². The fraction of sp³-hybridized carbons (Fsp3) is 0.600. The van der Waals surface area contributed by atoms with Crippen LogP contribution in [0.4, 0.5) is 9.59 Å². The lowest BCUT2D eigenvalue weighted by molar-refractivity contribution is -0.0865. The molecule has 0 radical (unpaired) electrons. The van der Waals surface area contributed by atoms with Gasteiger partial charge < -0.3 is 19.3 Å². The normalized spacial score (nSPS) is 19.6. The third kappa shape index (κ3) is 6.05. The van der Waals surface area contributed by atoms with Crippen LogP contribution < -0.4 is 5.32 Å². The summed E-state index contributed by atoms with van der Waals surface area (Å²) in [5.74, 6) is 0.0929. The number of nitrogens with one attached hydrogen (secondary N) is 1. The second-order valence-corrected chi connectivity index (χ2v) is 8.78. The van der Waals surface area contributed by atoms with Crippen LogP contribution in [0.15, 0.2) is 18.2 Å². The minimum Gasteiger partial charge on any atom is -0.508 e. The Hall–Kier alpha value is -2.44. The number of carbonyl (C=O) groups excluding carboxylic acids is 2. The number of aromatic hydroxyl groups is 1. The van der Waals surface area contributed by atoms with Crippen LogP contribution in [0.25, 0.3) is 0 Å². The average molecular weight is 379 g/mol. The van der Waals surface area contributed by atoms with Crippen molar-refractivity contribution in [2.24, 2.45) is 0 Å². The maximum absolute atomic E-state index is 12.4. The monoisotopic (exact) mass is 379 g/mol. The minimum absolute atomic E-state index is 0.0929. The summed E-state index contributed by atoms with van der Waals surface area (Å²) in [5, 5.41) is 12.9. The van der Waals surface area contributed by atoms with Crippen molar-refractivity contribution < 1.29 is 28.9 Å². The molecule has 2 rings (SSSR count). The topological polar surface area (TPSA) is 94.1 Å². The molecule has 7 heteroatoms. The van der Waals surface area contributed by atoms with Crippen molar-refractivity contribution in [3.63, 3.8) is 0 Å². The highest BCUT2D eigenvalue weighted by Crippen LogP contribution is 2.35. The van der Waals surface area contributed by atoms with E-state index in [-0.39, 0.29) is 12.2 Å². The molecule has 0 aromatic heterocycles. The first kappa shape index (κ1) is 20.9. The number of aryl methyl sites for hydroxylation is 1. The van der Waals surface area contributed by atoms with Gasteiger partial charge in [-0.2, -0.15) is 0 Å². The minimum atomic E-state index is -1.36. The third-order valence-electron chi connectivity index (χ3n) is 3.91. The zero-order chi connectivity index (χ0) is 20.5. The fourth-order valence-corrected chi connectivity index (χ4v) is 2.91. The Morgan fingerprint density at radius 2 is 1.70 bits per heavy atom. The molecule has 0 aliphatic heterocycles. The molecular formula is C20H29NO6. The Balaban J connectivity index is 2.28. The van der Waals surface area contributed by atoms with Crippen LogP contribution in [0.2, 0.25) is 0 Å². The highest BCUT2D eigenvalue weighted by atomic mass is 16.7. The third-order valence-corrected chi connectivity index (χ3v) is 3.91. The molecule has 1 aliphatic carbocycles. The zero-order valence-corrected chi connectivity index (χ0v) is 16.8. The molecule has 0 saturated carbocycles. The van der Waals surface area contributed by atoms with Gasteiger partial charge in [0.1, 0.15) is 17.0 Å². The van der Waals surface area contributed by atoms with Crippen LogP contribution in [-0.4, -0.2) is 34.3 Å². The van der Waals surface area contributed by atoms with Gasteiger partial charge in [-0.3, -0.25) is 5.32 Å². The van der Waals surface area contributed by atoms with Gasteiger partial charge in [-0.25, -0.2) is 9.59 Å². The predicted octanol–water partition coefficient (Wildman–Crippen LogP) is 4.05. The van der Waals surface area contributed by atoms with Gasteiger partial charge in [0.05, 0.1) is 0 Å². The molecule has 0 heterocycles. The molecule has 27 heavy (non-hydrogen) atoms. The lowest BCUT2D eigenvalue weighted by Crippen LogP contribution is -2.56. The molecule has 0 fully saturated rings. The maximum Gasteiger partial charge on any atom is 0.510 e. The average Bonchev–Trinajstić information content (AvgIpc) is 2.43. The molecule has 0 saturated heterocycles. The summed E-state index contributed by atoms with van der Waals surface area (Å²) in [4.78, 5) is 24.7. The number of hydrogen-bond acceptors (Lipinski definition) is 6. The number of hydrogen-bond donors (Lipinski definition) is 2. The van der Waals surface area contributed by atoms with Crippen LogP contribution in [-0.2, 0) is 27.1 Å². The van der Waals surface area contributed by atoms with E-state index in [1.54, 1.807) is 53.7 Å². The van der Waals surface area contributed by atoms with Crippen LogP contribution in [0, 0.1) is 0 Å². The van der Waals surface area contributed by atoms with Crippen LogP contribution in [0.5, 0.6) is 5.75 Å². The summed E-state index contributed by atoms with van der Waals surface area (Å²) in [6.07, 6.45) is -0.625. The number of amides is 1. The SMILES string of the molecule is CC(C)(C)OC(=O)N[C@]1(OC(=O)OC(C)(C)C)CCc2cccc(O)c2C1. The maximum atomic E-state index is 12.4. The quantitative estimate of drug-likeness (QED) is 0.595. The van der Waals surface area contributed by atoms with Crippen molar-refractivity contribution in [1.29, 1.82) is 0 Å². The summed E-state index contributed by atoms with van der Waals surface area (Å²) in [6, 6.07) is 5.23. The van der Waals surface area contributed by atoms with Crippen LogP contribution in [0.1, 0.15) is 59.1 Å². The first-order chi connectivity index (χ1) is 12.3. The molecule has 1 amide bonds. The van der Waals surface area contributed by atoms with E-state index in [2.05, 4.69) is 5.32 Å². The molecule has 0 unspecified atom stereocenters. The van der Waals surface area contributed by atoms with E-state index < -0.39 is 29.2 Å². The van der Waals surface area contributed by atoms with Crippen molar-refractivity contribution in [1.82, 2.24) is 5.32 Å². The Morgan fingerprint density at radius 1 is 1.07 bits per heavy atom. The molecule has 1 aromatic carbocycles. The van der Waals surface area contributed by atoms with Gasteiger partial charge in [-0.05, 0) is 59.6 Å². The molecule has 1 atom stereocenters. The Morgan fingerprint density at radius 3 is 2.30 bits per heavy atom. The second kappa shape index (κ2) is 7.29. The number of phenolic OH excluding ortho intramolecular Hbond substituents is 1. The van der Waals surface area contributed by atoms with Gasteiger partial charge >= 0.3 is 12.2 Å². The predicted molar refractivity (Wildman–Crippen MR) is 99.6 cm³/mol. The van der Waals surface area contributed by atoms with Gasteiger partial charge in [0, 0.05) is 18.4 Å². The van der Waals surface area contributed by atoms with Gasteiger partial charge in [0.2, 0.25) is 0 Å². The van der Waals surface area contributed by atoms with E-state index in [1.165, 1.54) is 0 Å². The van der Waals surface area contributed by atoms with Crippen molar-refractivity contribution in [3.8, 4) is 5.75 Å². The van der Waals surface area contributed by atoms with Crippen LogP contribution in [0.3, 0.4) is 0 Å². The zero-order valence-electron chi connectivity index (χ0n) is 16.8. The Kier molecular flexibility index (Phi) is 5.63. The van der Waals surface area contributed by atoms with Crippen LogP contribution >= 0.6 is 0 Å². The van der Waals surface area contributed by atoms with Gasteiger partial charge in [-0.1, -0.05) is 12.1 Å². The first-order valence-electron chi connectivity index (χ1n) is 9.01. The van der Waals surface area contributed by atoms with E-state index in [1.807, 2.05) is 6.07 Å². The van der Waals surface area contributed by atoms with Gasteiger partial charge in [-0.15, -0.1) is 0 Å². The highest BCUT2D eigenvalue weighted by Gasteiger charge is 2.42. The summed E-state index contributed by atoms with van der Waals surface area (Å²) in [6.45, 7) is 10.4. The lowest BCUT2D eigenvalue weighted by atomic mass is 9.85. The lowest BCUT2D eigenvalue weighted by Gasteiger charge is -2.38. The Bertz CT molecular complexity index is 684. The fourth-order valence-electron chi connectivity index (χ4n) is 2.91. The standard InChI is InChI=1S/C20H29NO6/c1-18(2,3)25-16(23)21-20(27-17(24)26-19(4,5)6)11-10-13-8-7-9-15(22)14(13)12-20/h7-9,22H,10-12H2,1-6H3,(H,21,23)/t20-/m0/s1. The van der Waals surface area contributed by atoms with Crippen molar-refractivity contribution in [2.75, 3.05) is 0 Å². The number of alkyl carbamates (subject to hydrolysis) is 1. The van der Waals surface area contributed by atoms with E-state index in [0.29, 0.717) is 18.4 Å². The number of benzene rings is 1. The van der Waals surface area contributed by atoms with Gasteiger partial charge in [0.15, 0.2) is 5.72 Å². The second-order valence-electron chi connectivity index (χ2n) is 8.78. The largest absolute Gasteiger partial charge is 0.510 e. The van der Waals surface area contributed by atoms with E-state index in [0.717, 1.165) is 5.56 Å². The van der Waals surface area contributed by atoms with Crippen molar-refractivity contribution in [2.45, 2.75) is 77.7 Å². The van der Waals surface area contributed by atoms with Gasteiger partial charge in [0.25, 0.3) is 0 Å². The summed E-state index contributed by atoms with van der Waals surface area (Å²) in [5.41, 5.74) is -1.23. The van der Waals surface area contributed by atoms with Crippen molar-refractivity contribution >= 4 is 12.2 Å². The number of ether oxygens (including phenoxy) is 3. The summed E-state index contributed by atoms with van der Waals surface area (Å²) < 4.78 is 16.1. The molecule has 150 valence electrons. The smallest absolute Gasteiger partial charge is 0.508 e. The molecule has 0 bridgehead atoms. The highest BCUT2D eigenvalue weighted by molar-refractivity contribution is 5.70. The van der Waals surface area contributed by atoms with E-state index in [4.69, 9.17) is 14.2 Å². The first-order valence-corrected chi connectivity index (χ1v) is 9.01. The molecular weight excluding hydrogens is 350 g/mol. The Labute approximate surface area is 160 Å². The van der Waals surface area contributed by atoms with E-state index >= 15 is 0 Å². The summed E-state index contributed by atoms with van der Waals surface area (Å²) >= 11 is 0. The molecule has 1 aromatic rings. The van der Waals surface area contributed by atoms with E-state index in [9.17, 15) is 14.7 Å². The molecule has 7 nitrogen and oxygen atoms in total. The number of fused-ring (bicyclic) bond motifs is 1. The molecule has 1 aliphatic rings. The number of carbonyl (C=O) groups is 2. The molecule has 0 spiro atoms. The molecule has 2 N–H and O–H groups in total. The summed E-state index contributed by atoms with van der Waals surface area (Å²) in [7, 11) is 0. The number of phenols is 1. The number of rotatable bonds is 2.